The number of nitro groups is 1. The Labute approximate surface area is 111 Å². The molecule has 3 rings (SSSR count). The Bertz CT molecular complexity index is 833. The van der Waals surface area contributed by atoms with Gasteiger partial charge in [0.2, 0.25) is 11.6 Å². The molecule has 0 bridgehead atoms. The Kier molecular flexibility index (Phi) is 2.50. The van der Waals surface area contributed by atoms with Crippen LogP contribution in [-0.2, 0) is 0 Å². The van der Waals surface area contributed by atoms with Crippen molar-refractivity contribution < 1.29 is 19.2 Å². The van der Waals surface area contributed by atoms with Gasteiger partial charge in [-0.25, -0.2) is 4.79 Å². The minimum atomic E-state index is -1.20. The van der Waals surface area contributed by atoms with Crippen molar-refractivity contribution in [3.05, 3.63) is 52.4 Å². The molecule has 100 valence electrons. The van der Waals surface area contributed by atoms with E-state index in [0.717, 1.165) is 0 Å². The van der Waals surface area contributed by atoms with Gasteiger partial charge in [0.15, 0.2) is 0 Å². The summed E-state index contributed by atoms with van der Waals surface area (Å²) >= 11 is 0. The molecule has 0 aliphatic rings. The van der Waals surface area contributed by atoms with Crippen LogP contribution >= 0.6 is 0 Å². The van der Waals surface area contributed by atoms with Gasteiger partial charge < -0.3 is 9.52 Å². The zero-order valence-corrected chi connectivity index (χ0v) is 9.89. The first-order chi connectivity index (χ1) is 9.56. The highest BCUT2D eigenvalue weighted by atomic mass is 16.6. The molecule has 1 aromatic carbocycles. The second-order valence-electron chi connectivity index (χ2n) is 4.00. The van der Waals surface area contributed by atoms with Crippen molar-refractivity contribution in [1.29, 1.82) is 0 Å². The summed E-state index contributed by atoms with van der Waals surface area (Å²) in [5.74, 6) is -1.24. The number of furan rings is 1. The average Bonchev–Trinajstić information content (AvgIpc) is 3.03. The molecule has 0 aliphatic heterocycles. The molecular formula is C12H7N3O5. The number of nitro benzene ring substituents is 1. The van der Waals surface area contributed by atoms with E-state index in [2.05, 4.69) is 5.10 Å². The molecule has 8 nitrogen and oxygen atoms in total. The summed E-state index contributed by atoms with van der Waals surface area (Å²) in [5, 5.41) is 24.3. The number of fused-ring (bicyclic) bond motifs is 1. The van der Waals surface area contributed by atoms with Gasteiger partial charge in [-0.05, 0) is 12.1 Å². The molecule has 8 heteroatoms. The summed E-state index contributed by atoms with van der Waals surface area (Å²) in [6.45, 7) is 0. The van der Waals surface area contributed by atoms with Crippen molar-refractivity contribution >= 4 is 22.6 Å². The smallest absolute Gasteiger partial charge is 0.371 e. The Morgan fingerprint density at radius 3 is 2.80 bits per heavy atom. The molecule has 0 radical (unpaired) electrons. The van der Waals surface area contributed by atoms with Crippen LogP contribution in [0.15, 0.2) is 40.9 Å². The van der Waals surface area contributed by atoms with Gasteiger partial charge in [-0.3, -0.25) is 10.1 Å². The lowest BCUT2D eigenvalue weighted by molar-refractivity contribution is -0.384. The van der Waals surface area contributed by atoms with E-state index in [9.17, 15) is 14.9 Å². The fourth-order valence-corrected chi connectivity index (χ4v) is 1.85. The molecule has 0 saturated carbocycles. The average molecular weight is 273 g/mol. The van der Waals surface area contributed by atoms with Gasteiger partial charge in [-0.2, -0.15) is 9.78 Å². The van der Waals surface area contributed by atoms with Gasteiger partial charge in [-0.15, -0.1) is 0 Å². The largest absolute Gasteiger partial charge is 0.475 e. The van der Waals surface area contributed by atoms with Crippen LogP contribution in [0, 0.1) is 10.1 Å². The molecule has 0 unspecified atom stereocenters. The van der Waals surface area contributed by atoms with E-state index in [-0.39, 0.29) is 17.3 Å². The van der Waals surface area contributed by atoms with Gasteiger partial charge in [0.05, 0.1) is 16.6 Å². The third kappa shape index (κ3) is 1.79. The molecule has 1 N–H and O–H groups in total. The third-order valence-corrected chi connectivity index (χ3v) is 2.78. The first-order valence-electron chi connectivity index (χ1n) is 5.52. The van der Waals surface area contributed by atoms with Crippen LogP contribution < -0.4 is 0 Å². The van der Waals surface area contributed by atoms with Crippen molar-refractivity contribution in [2.75, 3.05) is 0 Å². The van der Waals surface area contributed by atoms with Crippen LogP contribution in [0.25, 0.3) is 16.8 Å². The minimum Gasteiger partial charge on any atom is -0.475 e. The number of aromatic carboxylic acids is 1. The van der Waals surface area contributed by atoms with E-state index in [1.54, 1.807) is 6.07 Å². The van der Waals surface area contributed by atoms with Crippen LogP contribution in [0.2, 0.25) is 0 Å². The lowest BCUT2D eigenvalue weighted by Crippen LogP contribution is -1.96. The van der Waals surface area contributed by atoms with Crippen LogP contribution in [0.3, 0.4) is 0 Å². The molecule has 2 aromatic heterocycles. The number of non-ortho nitro benzene ring substituents is 1. The topological polar surface area (TPSA) is 111 Å². The minimum absolute atomic E-state index is 0.0794. The van der Waals surface area contributed by atoms with Gasteiger partial charge in [0.25, 0.3) is 5.69 Å². The lowest BCUT2D eigenvalue weighted by Gasteiger charge is -1.98. The maximum Gasteiger partial charge on any atom is 0.371 e. The summed E-state index contributed by atoms with van der Waals surface area (Å²) in [4.78, 5) is 21.0. The summed E-state index contributed by atoms with van der Waals surface area (Å²) in [5.41, 5.74) is 0.384. The highest BCUT2D eigenvalue weighted by Crippen LogP contribution is 2.24. The predicted molar refractivity (Wildman–Crippen MR) is 66.9 cm³/mol. The maximum atomic E-state index is 10.8. The van der Waals surface area contributed by atoms with E-state index in [1.165, 1.54) is 35.1 Å². The van der Waals surface area contributed by atoms with Crippen LogP contribution in [0.4, 0.5) is 5.69 Å². The molecule has 3 aromatic rings. The molecule has 0 atom stereocenters. The molecule has 0 amide bonds. The predicted octanol–water partition coefficient (Wildman–Crippen LogP) is 2.22. The number of rotatable bonds is 3. The number of benzene rings is 1. The second-order valence-corrected chi connectivity index (χ2v) is 4.00. The summed E-state index contributed by atoms with van der Waals surface area (Å²) in [7, 11) is 0. The zero-order valence-electron chi connectivity index (χ0n) is 9.89. The molecule has 2 heterocycles. The standard InChI is InChI=1S/C12H7N3O5/c16-12(17)10-3-4-11(20-10)14-9-5-8(15(18)19)2-1-7(9)6-13-14/h1-6H,(H,16,17). The number of hydrogen-bond donors (Lipinski definition) is 1. The van der Waals surface area contributed by atoms with Crippen molar-refractivity contribution in [3.8, 4) is 5.88 Å². The Morgan fingerprint density at radius 2 is 2.15 bits per heavy atom. The summed E-state index contributed by atoms with van der Waals surface area (Å²) in [6.07, 6.45) is 1.52. The summed E-state index contributed by atoms with van der Waals surface area (Å²) in [6, 6.07) is 7.03. The highest BCUT2D eigenvalue weighted by molar-refractivity contribution is 5.85. The van der Waals surface area contributed by atoms with Crippen molar-refractivity contribution in [2.45, 2.75) is 0 Å². The van der Waals surface area contributed by atoms with E-state index in [4.69, 9.17) is 9.52 Å². The zero-order chi connectivity index (χ0) is 14.3. The Morgan fingerprint density at radius 1 is 1.35 bits per heavy atom. The van der Waals surface area contributed by atoms with Crippen molar-refractivity contribution in [2.24, 2.45) is 0 Å². The number of aromatic nitrogens is 2. The molecule has 0 spiro atoms. The van der Waals surface area contributed by atoms with Crippen LogP contribution in [0.5, 0.6) is 0 Å². The van der Waals surface area contributed by atoms with Gasteiger partial charge in [0.1, 0.15) is 0 Å². The molecule has 20 heavy (non-hydrogen) atoms. The van der Waals surface area contributed by atoms with E-state index in [0.29, 0.717) is 10.9 Å². The number of carbonyl (C=O) groups is 1. The third-order valence-electron chi connectivity index (χ3n) is 2.78. The van der Waals surface area contributed by atoms with Crippen molar-refractivity contribution in [3.63, 3.8) is 0 Å². The highest BCUT2D eigenvalue weighted by Gasteiger charge is 2.15. The quantitative estimate of drug-likeness (QED) is 0.578. The number of carboxylic acids is 1. The fraction of sp³-hybridized carbons (Fsp3) is 0. The number of hydrogen-bond acceptors (Lipinski definition) is 5. The van der Waals surface area contributed by atoms with Crippen LogP contribution in [0.1, 0.15) is 10.6 Å². The van der Waals surface area contributed by atoms with Gasteiger partial charge in [-0.1, -0.05) is 0 Å². The number of nitrogens with zero attached hydrogens (tertiary/aromatic N) is 3. The van der Waals surface area contributed by atoms with E-state index < -0.39 is 10.9 Å². The van der Waals surface area contributed by atoms with E-state index in [1.807, 2.05) is 0 Å². The molecule has 0 aliphatic carbocycles. The fourth-order valence-electron chi connectivity index (χ4n) is 1.85. The first-order valence-corrected chi connectivity index (χ1v) is 5.52. The second kappa shape index (κ2) is 4.19. The van der Waals surface area contributed by atoms with E-state index >= 15 is 0 Å². The lowest BCUT2D eigenvalue weighted by atomic mass is 10.2. The SMILES string of the molecule is O=C(O)c1ccc(-n2ncc3ccc([N+](=O)[O-])cc32)o1. The normalized spacial score (nSPS) is 10.8. The monoisotopic (exact) mass is 273 g/mol. The van der Waals surface area contributed by atoms with Gasteiger partial charge >= 0.3 is 5.97 Å². The molecule has 0 fully saturated rings. The Hall–Kier alpha value is -3.16. The summed E-state index contributed by atoms with van der Waals surface area (Å²) < 4.78 is 6.44. The number of carboxylic acid groups (broad SMARTS) is 1. The first kappa shape index (κ1) is 11.9. The maximum absolute atomic E-state index is 10.8. The van der Waals surface area contributed by atoms with Crippen molar-refractivity contribution in [1.82, 2.24) is 9.78 Å². The Balaban J connectivity index is 2.17. The molecular weight excluding hydrogens is 266 g/mol. The van der Waals surface area contributed by atoms with Gasteiger partial charge in [0, 0.05) is 23.6 Å². The molecule has 0 saturated heterocycles. The van der Waals surface area contributed by atoms with Crippen LogP contribution in [-0.4, -0.2) is 25.8 Å².